The van der Waals surface area contributed by atoms with Crippen molar-refractivity contribution in [2.75, 3.05) is 33.4 Å². The van der Waals surface area contributed by atoms with E-state index < -0.39 is 29.0 Å². The SMILES string of the molecule is CC[NH2+]C1C=C2C=CCCC2CC1COC(=O)C12OC1(CC(CO)=C(C)CCC1CC[NH2+]C3NC([NH2+]C)CCC13)C(=O)C1CCCC(CC(C)C)C1C2=O. The number of allylic oxidation sites excluding steroid dienone is 4. The van der Waals surface area contributed by atoms with Gasteiger partial charge >= 0.3 is 5.97 Å². The molecule has 7 aliphatic rings. The van der Waals surface area contributed by atoms with Crippen LogP contribution in [0, 0.1) is 47.3 Å². The third-order valence-corrected chi connectivity index (χ3v) is 15.0. The van der Waals surface area contributed by atoms with Crippen LogP contribution in [0.25, 0.3) is 0 Å². The molecule has 0 aromatic heterocycles. The van der Waals surface area contributed by atoms with E-state index in [1.807, 2.05) is 0 Å². The summed E-state index contributed by atoms with van der Waals surface area (Å²) in [7, 11) is 2.14. The van der Waals surface area contributed by atoms with Gasteiger partial charge in [0.1, 0.15) is 25.0 Å². The lowest BCUT2D eigenvalue weighted by molar-refractivity contribution is -0.739. The number of esters is 1. The van der Waals surface area contributed by atoms with Crippen LogP contribution >= 0.6 is 0 Å². The Morgan fingerprint density at radius 2 is 1.94 bits per heavy atom. The monoisotopic (exact) mass is 752 g/mol. The van der Waals surface area contributed by atoms with Crippen molar-refractivity contribution in [2.24, 2.45) is 47.3 Å². The van der Waals surface area contributed by atoms with Crippen LogP contribution in [0.3, 0.4) is 0 Å². The summed E-state index contributed by atoms with van der Waals surface area (Å²) in [5.74, 6) is 0.154. The summed E-state index contributed by atoms with van der Waals surface area (Å²) in [5, 5.41) is 21.8. The number of carbonyl (C=O) groups is 3. The average Bonchev–Trinajstić information content (AvgIpc) is 3.88. The van der Waals surface area contributed by atoms with E-state index in [0.29, 0.717) is 42.4 Å². The Hall–Kier alpha value is -2.21. The minimum absolute atomic E-state index is 0.0443. The fourth-order valence-corrected chi connectivity index (χ4v) is 12.1. The quantitative estimate of drug-likeness (QED) is 0.0788. The molecule has 0 bridgehead atoms. The molecule has 4 aliphatic carbocycles. The second-order valence-electron chi connectivity index (χ2n) is 18.7. The Morgan fingerprint density at radius 3 is 2.70 bits per heavy atom. The lowest BCUT2D eigenvalue weighted by atomic mass is 9.56. The molecule has 12 unspecified atom stereocenters. The molecule has 8 N–H and O–H groups in total. The van der Waals surface area contributed by atoms with Gasteiger partial charge in [0, 0.05) is 36.5 Å². The molecular weight excluding hydrogens is 681 g/mol. The molecule has 0 radical (unpaired) electrons. The molecule has 10 nitrogen and oxygen atoms in total. The van der Waals surface area contributed by atoms with Gasteiger partial charge in [-0.2, -0.15) is 0 Å². The number of rotatable bonds is 14. The van der Waals surface area contributed by atoms with Crippen molar-refractivity contribution in [3.63, 3.8) is 0 Å². The third kappa shape index (κ3) is 7.37. The highest BCUT2D eigenvalue weighted by atomic mass is 16.7. The van der Waals surface area contributed by atoms with E-state index in [2.05, 4.69) is 74.2 Å². The van der Waals surface area contributed by atoms with Crippen molar-refractivity contribution >= 4 is 17.5 Å². The number of ketones is 2. The van der Waals surface area contributed by atoms with E-state index >= 15 is 0 Å². The highest BCUT2D eigenvalue weighted by Gasteiger charge is 2.87. The standard InChI is InChI=1S/C44H68N4O6/c1-6-46-36-22-30-11-8-7-10-29(30)21-32(36)25-53-42(52)44-40(51)38-31(20-26(2)3)12-9-13-35(38)39(50)43(44,54-44)23-33(24-49)27(4)14-15-28-18-19-47-41-34(28)16-17-37(45-5)48-41/h8,11,22,26,28-29,31-32,34-38,41,45-49H,6-7,9-10,12-21,23-25H2,1-5H3/p+3. The van der Waals surface area contributed by atoms with Gasteiger partial charge in [-0.3, -0.25) is 9.59 Å². The third-order valence-electron chi connectivity index (χ3n) is 15.0. The largest absolute Gasteiger partial charge is 0.463 e. The van der Waals surface area contributed by atoms with Gasteiger partial charge in [0.25, 0.3) is 5.60 Å². The van der Waals surface area contributed by atoms with E-state index in [0.717, 1.165) is 75.6 Å². The first kappa shape index (κ1) is 40.0. The van der Waals surface area contributed by atoms with E-state index in [1.54, 1.807) is 0 Å². The second kappa shape index (κ2) is 16.7. The minimum atomic E-state index is -1.93. The number of aliphatic hydroxyl groups is 1. The number of Topliss-reactive ketones (excluding diaryl/α,β-unsaturated/α-hetero) is 2. The lowest BCUT2D eigenvalue weighted by Gasteiger charge is -2.42. The van der Waals surface area contributed by atoms with Crippen LogP contribution in [0.15, 0.2) is 34.9 Å². The Kier molecular flexibility index (Phi) is 12.4. The summed E-state index contributed by atoms with van der Waals surface area (Å²) >= 11 is 0. The number of nitrogens with one attached hydrogen (secondary N) is 1. The molecule has 7 rings (SSSR count). The molecule has 0 amide bonds. The van der Waals surface area contributed by atoms with Gasteiger partial charge in [-0.05, 0) is 119 Å². The zero-order chi connectivity index (χ0) is 38.2. The molecule has 300 valence electrons. The summed E-state index contributed by atoms with van der Waals surface area (Å²) in [4.78, 5) is 44.5. The number of ether oxygens (including phenoxy) is 2. The van der Waals surface area contributed by atoms with Crippen LogP contribution in [0.4, 0.5) is 0 Å². The predicted molar refractivity (Wildman–Crippen MR) is 205 cm³/mol. The molecule has 12 atom stereocenters. The first-order chi connectivity index (χ1) is 26.1. The highest BCUT2D eigenvalue weighted by Crippen LogP contribution is 2.63. The maximum atomic E-state index is 15.0. The molecule has 3 aliphatic heterocycles. The van der Waals surface area contributed by atoms with Gasteiger partial charge in [0.15, 0.2) is 17.2 Å². The Labute approximate surface area is 323 Å². The average molecular weight is 752 g/mol. The number of hydrogen-bond donors (Lipinski definition) is 5. The summed E-state index contributed by atoms with van der Waals surface area (Å²) in [6, 6.07) is 0.181. The molecule has 3 heterocycles. The summed E-state index contributed by atoms with van der Waals surface area (Å²) in [6.45, 7) is 10.5. The maximum Gasteiger partial charge on any atom is 0.350 e. The number of hydrogen-bond acceptors (Lipinski definition) is 7. The summed E-state index contributed by atoms with van der Waals surface area (Å²) in [5.41, 5.74) is -0.374. The van der Waals surface area contributed by atoms with Gasteiger partial charge in [0.2, 0.25) is 0 Å². The van der Waals surface area contributed by atoms with Crippen LogP contribution in [0.2, 0.25) is 0 Å². The number of fused-ring (bicyclic) bond motifs is 4. The molecule has 0 aromatic rings. The van der Waals surface area contributed by atoms with Gasteiger partial charge < -0.3 is 30.5 Å². The molecule has 2 saturated carbocycles. The van der Waals surface area contributed by atoms with Gasteiger partial charge in [-0.1, -0.05) is 38.0 Å². The Bertz CT molecular complexity index is 1510. The van der Waals surface area contributed by atoms with E-state index in [9.17, 15) is 19.5 Å². The van der Waals surface area contributed by atoms with Crippen molar-refractivity contribution in [3.8, 4) is 0 Å². The van der Waals surface area contributed by atoms with Crippen LogP contribution < -0.4 is 21.3 Å². The summed E-state index contributed by atoms with van der Waals surface area (Å²) < 4.78 is 12.7. The first-order valence-corrected chi connectivity index (χ1v) is 21.9. The first-order valence-electron chi connectivity index (χ1n) is 21.9. The maximum absolute atomic E-state index is 15.0. The zero-order valence-electron chi connectivity index (χ0n) is 33.8. The van der Waals surface area contributed by atoms with Crippen LogP contribution in [0.5, 0.6) is 0 Å². The fourth-order valence-electron chi connectivity index (χ4n) is 12.1. The molecule has 3 saturated heterocycles. The van der Waals surface area contributed by atoms with Gasteiger partial charge in [-0.15, -0.1) is 0 Å². The van der Waals surface area contributed by atoms with E-state index in [-0.39, 0.29) is 49.1 Å². The number of likely N-dealkylation sites (N-methyl/N-ethyl adjacent to an activating group) is 1. The second-order valence-corrected chi connectivity index (χ2v) is 18.7. The van der Waals surface area contributed by atoms with Gasteiger partial charge in [-0.25, -0.2) is 10.1 Å². The van der Waals surface area contributed by atoms with Crippen molar-refractivity contribution in [1.29, 1.82) is 0 Å². The number of piperidine rings is 2. The molecule has 10 heteroatoms. The molecule has 5 fully saturated rings. The number of nitrogens with two attached hydrogens (primary N) is 3. The van der Waals surface area contributed by atoms with Crippen molar-refractivity contribution in [1.82, 2.24) is 5.32 Å². The molecule has 54 heavy (non-hydrogen) atoms. The Balaban J connectivity index is 1.13. The molecule has 0 spiro atoms. The van der Waals surface area contributed by atoms with Crippen molar-refractivity contribution in [3.05, 3.63) is 34.9 Å². The van der Waals surface area contributed by atoms with Crippen LogP contribution in [-0.2, 0) is 23.9 Å². The number of carbonyl (C=O) groups excluding carboxylic acids is 3. The predicted octanol–water partition coefficient (Wildman–Crippen LogP) is 2.04. The van der Waals surface area contributed by atoms with Crippen molar-refractivity contribution in [2.45, 2.75) is 141 Å². The smallest absolute Gasteiger partial charge is 0.350 e. The number of aliphatic hydroxyl groups excluding tert-OH is 1. The zero-order valence-corrected chi connectivity index (χ0v) is 33.8. The van der Waals surface area contributed by atoms with Crippen LogP contribution in [-0.4, -0.2) is 85.6 Å². The topological polar surface area (TPSA) is 155 Å². The van der Waals surface area contributed by atoms with Crippen LogP contribution in [0.1, 0.15) is 111 Å². The summed E-state index contributed by atoms with van der Waals surface area (Å²) in [6.07, 6.45) is 19.6. The molecular formula is C44H71N4O6+3. The number of quaternary nitrogens is 3. The Morgan fingerprint density at radius 1 is 1.11 bits per heavy atom. The highest BCUT2D eigenvalue weighted by molar-refractivity contribution is 6.23. The van der Waals surface area contributed by atoms with Gasteiger partial charge in [0.05, 0.1) is 26.7 Å². The normalized spacial score (nSPS) is 40.5. The fraction of sp³-hybridized carbons (Fsp3) is 0.795. The molecule has 0 aromatic carbocycles. The lowest BCUT2D eigenvalue weighted by Crippen LogP contribution is -3.02. The van der Waals surface area contributed by atoms with Crippen molar-refractivity contribution < 1.29 is 44.9 Å². The number of epoxide rings is 1. The van der Waals surface area contributed by atoms with E-state index in [1.165, 1.54) is 24.8 Å². The van der Waals surface area contributed by atoms with E-state index in [4.69, 9.17) is 9.47 Å². The minimum Gasteiger partial charge on any atom is -0.463 e.